The molecule has 0 spiro atoms. The van der Waals surface area contributed by atoms with Crippen molar-refractivity contribution in [2.45, 2.75) is 45.3 Å². The Kier molecular flexibility index (Phi) is 2.78. The van der Waals surface area contributed by atoms with Gasteiger partial charge in [0.25, 0.3) is 0 Å². The van der Waals surface area contributed by atoms with Crippen LogP contribution in [0.25, 0.3) is 0 Å². The van der Waals surface area contributed by atoms with Crippen LogP contribution in [-0.4, -0.2) is 9.67 Å². The van der Waals surface area contributed by atoms with Gasteiger partial charge in [0.2, 0.25) is 0 Å². The van der Waals surface area contributed by atoms with E-state index in [2.05, 4.69) is 17.7 Å². The zero-order valence-electron chi connectivity index (χ0n) is 10.9. The second-order valence-electron chi connectivity index (χ2n) is 5.16. The summed E-state index contributed by atoms with van der Waals surface area (Å²) in [5.74, 6) is 1.92. The van der Waals surface area contributed by atoms with Crippen molar-refractivity contribution in [3.8, 4) is 0 Å². The van der Waals surface area contributed by atoms with Crippen molar-refractivity contribution in [2.75, 3.05) is 0 Å². The Balaban J connectivity index is 1.97. The van der Waals surface area contributed by atoms with Crippen LogP contribution in [0.15, 0.2) is 28.8 Å². The summed E-state index contributed by atoms with van der Waals surface area (Å²) in [6, 6.07) is 6.26. The predicted molar refractivity (Wildman–Crippen MR) is 69.6 cm³/mol. The minimum absolute atomic E-state index is 0.188. The number of rotatable bonds is 2. The first-order valence-electron chi connectivity index (χ1n) is 6.61. The Labute approximate surface area is 107 Å². The quantitative estimate of drug-likeness (QED) is 0.881. The molecule has 2 aromatic heterocycles. The van der Waals surface area contributed by atoms with Crippen LogP contribution >= 0.6 is 0 Å². The van der Waals surface area contributed by atoms with Crippen molar-refractivity contribution in [1.29, 1.82) is 0 Å². The van der Waals surface area contributed by atoms with E-state index in [-0.39, 0.29) is 12.1 Å². The van der Waals surface area contributed by atoms with E-state index in [1.165, 1.54) is 5.69 Å². The minimum atomic E-state index is -0.291. The van der Waals surface area contributed by atoms with Gasteiger partial charge in [-0.05, 0) is 51.3 Å². The molecular formula is C15H19NO2. The van der Waals surface area contributed by atoms with Gasteiger partial charge in [0.15, 0.2) is 0 Å². The van der Waals surface area contributed by atoms with E-state index in [1.54, 1.807) is 0 Å². The smallest absolute Gasteiger partial charge is 0.126 e. The first kappa shape index (κ1) is 11.6. The van der Waals surface area contributed by atoms with E-state index in [4.69, 9.17) is 4.42 Å². The number of aryl methyl sites for hydroxylation is 1. The molecule has 2 atom stereocenters. The molecule has 0 amide bonds. The molecule has 2 aromatic rings. The number of aromatic nitrogens is 1. The summed E-state index contributed by atoms with van der Waals surface area (Å²) in [7, 11) is 0. The molecular weight excluding hydrogens is 226 g/mol. The first-order chi connectivity index (χ1) is 8.66. The molecule has 0 radical (unpaired) electrons. The SMILES string of the molecule is Cc1ccc(C(C)n2ccc3c2CCCC3O)o1. The van der Waals surface area contributed by atoms with Gasteiger partial charge in [-0.25, -0.2) is 0 Å². The van der Waals surface area contributed by atoms with Crippen molar-refractivity contribution in [1.82, 2.24) is 4.57 Å². The highest BCUT2D eigenvalue weighted by Crippen LogP contribution is 2.33. The number of fused-ring (bicyclic) bond motifs is 1. The van der Waals surface area contributed by atoms with Crippen LogP contribution in [0.5, 0.6) is 0 Å². The second kappa shape index (κ2) is 4.32. The minimum Gasteiger partial charge on any atom is -0.464 e. The lowest BCUT2D eigenvalue weighted by atomic mass is 9.95. The molecule has 3 heteroatoms. The standard InChI is InChI=1S/C15H19NO2/c1-10-6-7-15(18-10)11(2)16-9-8-12-13(16)4-3-5-14(12)17/h6-9,11,14,17H,3-5H2,1-2H3. The number of nitrogens with zero attached hydrogens (tertiary/aromatic N) is 1. The molecule has 0 bridgehead atoms. The van der Waals surface area contributed by atoms with Gasteiger partial charge < -0.3 is 14.1 Å². The molecule has 1 aliphatic rings. The molecule has 0 aromatic carbocycles. The average Bonchev–Trinajstić information content (AvgIpc) is 2.95. The molecule has 0 aliphatic heterocycles. The monoisotopic (exact) mass is 245 g/mol. The maximum Gasteiger partial charge on any atom is 0.126 e. The highest BCUT2D eigenvalue weighted by atomic mass is 16.3. The molecule has 0 fully saturated rings. The fraction of sp³-hybridized carbons (Fsp3) is 0.467. The predicted octanol–water partition coefficient (Wildman–Crippen LogP) is 3.37. The van der Waals surface area contributed by atoms with Gasteiger partial charge >= 0.3 is 0 Å². The number of hydrogen-bond acceptors (Lipinski definition) is 2. The van der Waals surface area contributed by atoms with Gasteiger partial charge in [0.05, 0.1) is 12.1 Å². The molecule has 0 saturated carbocycles. The lowest BCUT2D eigenvalue weighted by Gasteiger charge is -2.22. The Morgan fingerprint density at radius 2 is 2.22 bits per heavy atom. The van der Waals surface area contributed by atoms with Crippen molar-refractivity contribution < 1.29 is 9.52 Å². The summed E-state index contributed by atoms with van der Waals surface area (Å²) in [6.45, 7) is 4.10. The third-order valence-electron chi connectivity index (χ3n) is 3.90. The maximum absolute atomic E-state index is 9.99. The molecule has 18 heavy (non-hydrogen) atoms. The number of hydrogen-bond donors (Lipinski definition) is 1. The van der Waals surface area contributed by atoms with E-state index < -0.39 is 0 Å². The van der Waals surface area contributed by atoms with E-state index in [9.17, 15) is 5.11 Å². The largest absolute Gasteiger partial charge is 0.464 e. The average molecular weight is 245 g/mol. The second-order valence-corrected chi connectivity index (χ2v) is 5.16. The molecule has 2 heterocycles. The molecule has 3 nitrogen and oxygen atoms in total. The van der Waals surface area contributed by atoms with Gasteiger partial charge in [-0.1, -0.05) is 0 Å². The molecule has 2 unspecified atom stereocenters. The van der Waals surface area contributed by atoms with Gasteiger partial charge in [0.1, 0.15) is 11.5 Å². The van der Waals surface area contributed by atoms with Crippen LogP contribution in [0.2, 0.25) is 0 Å². The number of aliphatic hydroxyl groups excluding tert-OH is 1. The van der Waals surface area contributed by atoms with Crippen molar-refractivity contribution >= 4 is 0 Å². The van der Waals surface area contributed by atoms with E-state index >= 15 is 0 Å². The third kappa shape index (κ3) is 1.79. The summed E-state index contributed by atoms with van der Waals surface area (Å²) in [4.78, 5) is 0. The third-order valence-corrected chi connectivity index (χ3v) is 3.90. The van der Waals surface area contributed by atoms with Crippen LogP contribution in [-0.2, 0) is 6.42 Å². The van der Waals surface area contributed by atoms with Crippen molar-refractivity contribution in [2.24, 2.45) is 0 Å². The van der Waals surface area contributed by atoms with Crippen LogP contribution in [0.1, 0.15) is 54.7 Å². The van der Waals surface area contributed by atoms with Gasteiger partial charge in [-0.15, -0.1) is 0 Å². The van der Waals surface area contributed by atoms with Crippen LogP contribution in [0, 0.1) is 6.92 Å². The Morgan fingerprint density at radius 1 is 1.39 bits per heavy atom. The van der Waals surface area contributed by atoms with Gasteiger partial charge in [-0.2, -0.15) is 0 Å². The molecule has 96 valence electrons. The lowest BCUT2D eigenvalue weighted by Crippen LogP contribution is -2.14. The summed E-state index contributed by atoms with van der Waals surface area (Å²) >= 11 is 0. The zero-order valence-corrected chi connectivity index (χ0v) is 10.9. The fourth-order valence-corrected chi connectivity index (χ4v) is 2.87. The van der Waals surface area contributed by atoms with E-state index in [0.29, 0.717) is 0 Å². The fourth-order valence-electron chi connectivity index (χ4n) is 2.87. The highest BCUT2D eigenvalue weighted by molar-refractivity contribution is 5.29. The lowest BCUT2D eigenvalue weighted by molar-refractivity contribution is 0.155. The Bertz CT molecular complexity index is 553. The van der Waals surface area contributed by atoms with E-state index in [0.717, 1.165) is 36.3 Å². The summed E-state index contributed by atoms with van der Waals surface area (Å²) in [5, 5.41) is 9.99. The van der Waals surface area contributed by atoms with Crippen molar-refractivity contribution in [3.05, 3.63) is 47.2 Å². The molecule has 1 N–H and O–H groups in total. The topological polar surface area (TPSA) is 38.3 Å². The highest BCUT2D eigenvalue weighted by Gasteiger charge is 2.24. The summed E-state index contributed by atoms with van der Waals surface area (Å²) < 4.78 is 7.94. The van der Waals surface area contributed by atoms with Gasteiger partial charge in [-0.3, -0.25) is 0 Å². The summed E-state index contributed by atoms with van der Waals surface area (Å²) in [6.07, 6.45) is 4.76. The maximum atomic E-state index is 9.99. The van der Waals surface area contributed by atoms with Crippen molar-refractivity contribution in [3.63, 3.8) is 0 Å². The van der Waals surface area contributed by atoms with E-state index in [1.807, 2.05) is 25.1 Å². The van der Waals surface area contributed by atoms with Crippen LogP contribution < -0.4 is 0 Å². The molecule has 0 saturated heterocycles. The molecule has 1 aliphatic carbocycles. The van der Waals surface area contributed by atoms with Crippen LogP contribution in [0.4, 0.5) is 0 Å². The Morgan fingerprint density at radius 3 is 2.94 bits per heavy atom. The van der Waals surface area contributed by atoms with Gasteiger partial charge in [0, 0.05) is 17.5 Å². The first-order valence-corrected chi connectivity index (χ1v) is 6.61. The zero-order chi connectivity index (χ0) is 12.7. The number of aliphatic hydroxyl groups is 1. The normalized spacial score (nSPS) is 20.7. The summed E-state index contributed by atoms with van der Waals surface area (Å²) in [5.41, 5.74) is 2.35. The molecule has 3 rings (SSSR count). The Hall–Kier alpha value is -1.48. The number of furan rings is 1. The van der Waals surface area contributed by atoms with Crippen LogP contribution in [0.3, 0.4) is 0 Å².